The van der Waals surface area contributed by atoms with E-state index in [0.717, 1.165) is 22.5 Å². The van der Waals surface area contributed by atoms with Crippen molar-refractivity contribution in [2.75, 3.05) is 0 Å². The highest BCUT2D eigenvalue weighted by Gasteiger charge is 2.19. The van der Waals surface area contributed by atoms with Gasteiger partial charge in [0, 0.05) is 16.7 Å². The first-order chi connectivity index (χ1) is 12.7. The first-order valence-electron chi connectivity index (χ1n) is 8.26. The Morgan fingerprint density at radius 3 is 1.96 bits per heavy atom. The minimum absolute atomic E-state index is 0.125. The molecule has 1 heterocycles. The van der Waals surface area contributed by atoms with Crippen LogP contribution < -0.4 is 0 Å². The highest BCUT2D eigenvalue weighted by atomic mass is 16.3. The fourth-order valence-corrected chi connectivity index (χ4v) is 2.92. The molecule has 0 fully saturated rings. The van der Waals surface area contributed by atoms with Crippen LogP contribution in [0.2, 0.25) is 0 Å². The summed E-state index contributed by atoms with van der Waals surface area (Å²) in [6, 6.07) is 25.8. The monoisotopic (exact) mass is 340 g/mol. The Morgan fingerprint density at radius 2 is 1.35 bits per heavy atom. The topological polar surface area (TPSA) is 55.1 Å². The third-order valence-corrected chi connectivity index (χ3v) is 4.20. The maximum absolute atomic E-state index is 13.0. The molecule has 0 aliphatic carbocycles. The number of carbonyl (C=O) groups excluding carboxylic acids is 1. The molecule has 1 N–H and O–H groups in total. The second kappa shape index (κ2) is 6.69. The van der Waals surface area contributed by atoms with E-state index in [9.17, 15) is 9.90 Å². The van der Waals surface area contributed by atoms with Gasteiger partial charge in [-0.1, -0.05) is 60.7 Å². The Labute approximate surface area is 151 Å². The number of phenols is 1. The van der Waals surface area contributed by atoms with Gasteiger partial charge in [-0.25, -0.2) is 4.98 Å². The molecular weight excluding hydrogens is 324 g/mol. The van der Waals surface area contributed by atoms with Crippen LogP contribution in [0.1, 0.15) is 10.4 Å². The molecule has 0 saturated carbocycles. The second-order valence-electron chi connectivity index (χ2n) is 5.90. The number of hydrogen-bond acceptors (Lipinski definition) is 3. The molecule has 126 valence electrons. The summed E-state index contributed by atoms with van der Waals surface area (Å²) >= 11 is 0. The van der Waals surface area contributed by atoms with Crippen LogP contribution in [0.25, 0.3) is 22.5 Å². The van der Waals surface area contributed by atoms with E-state index in [1.54, 1.807) is 23.0 Å². The van der Waals surface area contributed by atoms with Gasteiger partial charge in [-0.2, -0.15) is 0 Å². The van der Waals surface area contributed by atoms with Gasteiger partial charge in [-0.3, -0.25) is 9.36 Å². The van der Waals surface area contributed by atoms with Crippen LogP contribution in [0.3, 0.4) is 0 Å². The van der Waals surface area contributed by atoms with Gasteiger partial charge in [0.15, 0.2) is 0 Å². The molecule has 0 atom stereocenters. The first kappa shape index (κ1) is 15.8. The summed E-state index contributed by atoms with van der Waals surface area (Å²) in [7, 11) is 0. The maximum Gasteiger partial charge on any atom is 0.263 e. The van der Waals surface area contributed by atoms with Crippen molar-refractivity contribution in [1.82, 2.24) is 9.55 Å². The second-order valence-corrected chi connectivity index (χ2v) is 5.90. The van der Waals surface area contributed by atoms with Crippen molar-refractivity contribution in [2.45, 2.75) is 0 Å². The van der Waals surface area contributed by atoms with E-state index in [1.165, 1.54) is 12.1 Å². The number of rotatable bonds is 3. The molecular formula is C22H16N2O2. The van der Waals surface area contributed by atoms with Crippen LogP contribution in [-0.4, -0.2) is 20.6 Å². The minimum atomic E-state index is -0.196. The fraction of sp³-hybridized carbons (Fsp3) is 0. The molecule has 0 aliphatic rings. The van der Waals surface area contributed by atoms with E-state index in [2.05, 4.69) is 4.98 Å². The van der Waals surface area contributed by atoms with E-state index < -0.39 is 0 Å². The molecule has 4 rings (SSSR count). The summed E-state index contributed by atoms with van der Waals surface area (Å²) in [5.41, 5.74) is 3.84. The quantitative estimate of drug-likeness (QED) is 0.592. The number of aromatic nitrogens is 2. The number of phenolic OH excluding ortho intramolecular Hbond substituents is 1. The van der Waals surface area contributed by atoms with Crippen molar-refractivity contribution < 1.29 is 9.90 Å². The molecule has 0 spiro atoms. The van der Waals surface area contributed by atoms with Crippen LogP contribution in [0.4, 0.5) is 0 Å². The molecule has 0 aliphatic heterocycles. The van der Waals surface area contributed by atoms with Crippen LogP contribution in [0.15, 0.2) is 91.3 Å². The van der Waals surface area contributed by atoms with Crippen molar-refractivity contribution in [3.63, 3.8) is 0 Å². The SMILES string of the molecule is O=C(c1ccc(O)cc1)n1cnc(-c2ccccc2)c1-c1ccccc1. The molecule has 1 aromatic heterocycles. The molecule has 0 unspecified atom stereocenters. The van der Waals surface area contributed by atoms with Gasteiger partial charge in [-0.05, 0) is 24.3 Å². The maximum atomic E-state index is 13.0. The van der Waals surface area contributed by atoms with Crippen molar-refractivity contribution in [3.05, 3.63) is 96.8 Å². The summed E-state index contributed by atoms with van der Waals surface area (Å²) in [6.07, 6.45) is 1.56. The van der Waals surface area contributed by atoms with Crippen LogP contribution >= 0.6 is 0 Å². The Balaban J connectivity index is 1.89. The normalized spacial score (nSPS) is 10.6. The number of nitrogens with zero attached hydrogens (tertiary/aromatic N) is 2. The van der Waals surface area contributed by atoms with Crippen LogP contribution in [0.5, 0.6) is 5.75 Å². The average molecular weight is 340 g/mol. The Hall–Kier alpha value is -3.66. The molecule has 3 aromatic carbocycles. The fourth-order valence-electron chi connectivity index (χ4n) is 2.92. The van der Waals surface area contributed by atoms with Crippen molar-refractivity contribution in [2.24, 2.45) is 0 Å². The van der Waals surface area contributed by atoms with E-state index in [1.807, 2.05) is 60.7 Å². The van der Waals surface area contributed by atoms with Gasteiger partial charge in [0.05, 0.1) is 11.4 Å². The third-order valence-electron chi connectivity index (χ3n) is 4.20. The summed E-state index contributed by atoms with van der Waals surface area (Å²) in [5.74, 6) is -0.0704. The Bertz CT molecular complexity index is 1040. The molecule has 0 radical (unpaired) electrons. The molecule has 26 heavy (non-hydrogen) atoms. The smallest absolute Gasteiger partial charge is 0.263 e. The lowest BCUT2D eigenvalue weighted by molar-refractivity contribution is 0.0961. The summed E-state index contributed by atoms with van der Waals surface area (Å²) in [5, 5.41) is 9.46. The molecule has 4 aromatic rings. The summed E-state index contributed by atoms with van der Waals surface area (Å²) in [6.45, 7) is 0. The van der Waals surface area contributed by atoms with E-state index in [4.69, 9.17) is 0 Å². The molecule has 0 bridgehead atoms. The largest absolute Gasteiger partial charge is 0.508 e. The third kappa shape index (κ3) is 2.89. The van der Waals surface area contributed by atoms with Gasteiger partial charge >= 0.3 is 0 Å². The Kier molecular flexibility index (Phi) is 4.07. The van der Waals surface area contributed by atoms with Gasteiger partial charge < -0.3 is 5.11 Å². The number of carbonyl (C=O) groups is 1. The molecule has 4 nitrogen and oxygen atoms in total. The zero-order valence-electron chi connectivity index (χ0n) is 13.9. The van der Waals surface area contributed by atoms with E-state index >= 15 is 0 Å². The standard InChI is InChI=1S/C22H16N2O2/c25-19-13-11-18(12-14-19)22(26)24-15-23-20(16-7-3-1-4-8-16)21(24)17-9-5-2-6-10-17/h1-15,25H. The lowest BCUT2D eigenvalue weighted by atomic mass is 10.0. The minimum Gasteiger partial charge on any atom is -0.508 e. The van der Waals surface area contributed by atoms with Crippen LogP contribution in [0, 0.1) is 0 Å². The van der Waals surface area contributed by atoms with Crippen molar-refractivity contribution in [3.8, 4) is 28.3 Å². The Morgan fingerprint density at radius 1 is 0.769 bits per heavy atom. The highest BCUT2D eigenvalue weighted by Crippen LogP contribution is 2.31. The van der Waals surface area contributed by atoms with Crippen LogP contribution in [-0.2, 0) is 0 Å². The highest BCUT2D eigenvalue weighted by molar-refractivity contribution is 6.00. The zero-order chi connectivity index (χ0) is 17.9. The molecule has 0 saturated heterocycles. The summed E-state index contributed by atoms with van der Waals surface area (Å²) < 4.78 is 1.56. The van der Waals surface area contributed by atoms with Gasteiger partial charge in [0.1, 0.15) is 12.1 Å². The van der Waals surface area contributed by atoms with Gasteiger partial charge in [0.25, 0.3) is 5.91 Å². The van der Waals surface area contributed by atoms with Crippen molar-refractivity contribution in [1.29, 1.82) is 0 Å². The molecule has 4 heteroatoms. The first-order valence-corrected chi connectivity index (χ1v) is 8.26. The summed E-state index contributed by atoms with van der Waals surface area (Å²) in [4.78, 5) is 17.6. The van der Waals surface area contributed by atoms with E-state index in [-0.39, 0.29) is 11.7 Å². The number of imidazole rings is 1. The predicted molar refractivity (Wildman–Crippen MR) is 101 cm³/mol. The zero-order valence-corrected chi connectivity index (χ0v) is 13.9. The molecule has 0 amide bonds. The van der Waals surface area contributed by atoms with Gasteiger partial charge in [-0.15, -0.1) is 0 Å². The average Bonchev–Trinajstić information content (AvgIpc) is 3.14. The van der Waals surface area contributed by atoms with Gasteiger partial charge in [0.2, 0.25) is 0 Å². The number of hydrogen-bond donors (Lipinski definition) is 1. The lowest BCUT2D eigenvalue weighted by Gasteiger charge is -2.10. The number of benzene rings is 3. The van der Waals surface area contributed by atoms with E-state index in [0.29, 0.717) is 5.56 Å². The lowest BCUT2D eigenvalue weighted by Crippen LogP contribution is -2.12. The van der Waals surface area contributed by atoms with Crippen molar-refractivity contribution >= 4 is 5.91 Å². The predicted octanol–water partition coefficient (Wildman–Crippen LogP) is 4.61. The number of aromatic hydroxyl groups is 1.